The second-order valence-corrected chi connectivity index (χ2v) is 7.56. The highest BCUT2D eigenvalue weighted by molar-refractivity contribution is 5.38. The minimum Gasteiger partial charge on any atom is -0.370 e. The van der Waals surface area contributed by atoms with E-state index < -0.39 is 0 Å². The highest BCUT2D eigenvalue weighted by atomic mass is 16.5. The van der Waals surface area contributed by atoms with Crippen molar-refractivity contribution in [1.29, 1.82) is 0 Å². The zero-order valence-electron chi connectivity index (χ0n) is 15.9. The number of aryl methyl sites for hydroxylation is 1. The molecule has 25 heavy (non-hydrogen) atoms. The van der Waals surface area contributed by atoms with Crippen molar-refractivity contribution in [2.75, 3.05) is 27.2 Å². The quantitative estimate of drug-likeness (QED) is 0.727. The van der Waals surface area contributed by atoms with Gasteiger partial charge in [-0.05, 0) is 50.0 Å². The molecule has 2 aromatic rings. The van der Waals surface area contributed by atoms with Crippen LogP contribution in [-0.4, -0.2) is 32.1 Å². The molecular formula is C23H31NO. The van der Waals surface area contributed by atoms with Gasteiger partial charge in [0.05, 0.1) is 0 Å². The van der Waals surface area contributed by atoms with Crippen LogP contribution in [0.4, 0.5) is 0 Å². The number of fused-ring (bicyclic) bond motifs is 1. The summed E-state index contributed by atoms with van der Waals surface area (Å²) in [6.07, 6.45) is 4.34. The predicted octanol–water partition coefficient (Wildman–Crippen LogP) is 4.68. The zero-order valence-corrected chi connectivity index (χ0v) is 15.9. The van der Waals surface area contributed by atoms with Gasteiger partial charge in [0.15, 0.2) is 0 Å². The summed E-state index contributed by atoms with van der Waals surface area (Å²) < 4.78 is 6.74. The van der Waals surface area contributed by atoms with E-state index in [0.29, 0.717) is 5.92 Å². The summed E-state index contributed by atoms with van der Waals surface area (Å²) in [4.78, 5) is 2.31. The maximum Gasteiger partial charge on any atom is 0.101 e. The lowest BCUT2D eigenvalue weighted by molar-refractivity contribution is -0.106. The Labute approximate surface area is 152 Å². The van der Waals surface area contributed by atoms with Crippen molar-refractivity contribution in [2.24, 2.45) is 5.92 Å². The van der Waals surface area contributed by atoms with Crippen molar-refractivity contribution in [2.45, 2.75) is 38.2 Å². The second-order valence-electron chi connectivity index (χ2n) is 7.56. The van der Waals surface area contributed by atoms with Crippen LogP contribution in [0.15, 0.2) is 54.6 Å². The van der Waals surface area contributed by atoms with E-state index in [9.17, 15) is 0 Å². The summed E-state index contributed by atoms with van der Waals surface area (Å²) >= 11 is 0. The first kappa shape index (κ1) is 18.2. The number of nitrogens with zero attached hydrogens (tertiary/aromatic N) is 1. The largest absolute Gasteiger partial charge is 0.370 e. The van der Waals surface area contributed by atoms with E-state index in [1.54, 1.807) is 0 Å². The van der Waals surface area contributed by atoms with E-state index in [-0.39, 0.29) is 5.60 Å². The lowest BCUT2D eigenvalue weighted by Crippen LogP contribution is -2.48. The van der Waals surface area contributed by atoms with Crippen molar-refractivity contribution in [1.82, 2.24) is 4.90 Å². The lowest BCUT2D eigenvalue weighted by atomic mass is 9.68. The van der Waals surface area contributed by atoms with E-state index in [1.165, 1.54) is 23.1 Å². The van der Waals surface area contributed by atoms with Crippen LogP contribution >= 0.6 is 0 Å². The third-order valence-corrected chi connectivity index (χ3v) is 5.35. The third kappa shape index (κ3) is 3.96. The van der Waals surface area contributed by atoms with E-state index in [2.05, 4.69) is 80.5 Å². The molecule has 3 rings (SSSR count). The van der Waals surface area contributed by atoms with Crippen molar-refractivity contribution < 1.29 is 4.74 Å². The Morgan fingerprint density at radius 2 is 1.76 bits per heavy atom. The van der Waals surface area contributed by atoms with Gasteiger partial charge in [-0.3, -0.25) is 0 Å². The Morgan fingerprint density at radius 1 is 1.04 bits per heavy atom. The number of rotatable bonds is 7. The fourth-order valence-electron chi connectivity index (χ4n) is 4.28. The first-order chi connectivity index (χ1) is 12.2. The first-order valence-electron chi connectivity index (χ1n) is 9.56. The molecule has 0 heterocycles. The van der Waals surface area contributed by atoms with Gasteiger partial charge in [0.2, 0.25) is 0 Å². The van der Waals surface area contributed by atoms with Crippen LogP contribution in [0.2, 0.25) is 0 Å². The highest BCUT2D eigenvalue weighted by Gasteiger charge is 2.45. The van der Waals surface area contributed by atoms with Gasteiger partial charge >= 0.3 is 0 Å². The molecule has 0 radical (unpaired) electrons. The van der Waals surface area contributed by atoms with E-state index >= 15 is 0 Å². The molecule has 2 nitrogen and oxygen atoms in total. The Morgan fingerprint density at radius 3 is 2.48 bits per heavy atom. The van der Waals surface area contributed by atoms with Crippen molar-refractivity contribution in [3.05, 3.63) is 71.3 Å². The van der Waals surface area contributed by atoms with Crippen LogP contribution < -0.4 is 0 Å². The summed E-state index contributed by atoms with van der Waals surface area (Å²) in [6.45, 7) is 4.07. The molecule has 134 valence electrons. The van der Waals surface area contributed by atoms with Crippen LogP contribution in [0.1, 0.15) is 36.5 Å². The smallest absolute Gasteiger partial charge is 0.101 e. The highest BCUT2D eigenvalue weighted by Crippen LogP contribution is 2.45. The van der Waals surface area contributed by atoms with Crippen molar-refractivity contribution in [3.8, 4) is 0 Å². The van der Waals surface area contributed by atoms with Gasteiger partial charge in [-0.2, -0.15) is 0 Å². The Kier molecular flexibility index (Phi) is 5.93. The molecule has 2 heteroatoms. The molecule has 0 saturated carbocycles. The average Bonchev–Trinajstić information content (AvgIpc) is 2.63. The Balaban J connectivity index is 2.07. The number of hydrogen-bond acceptors (Lipinski definition) is 2. The summed E-state index contributed by atoms with van der Waals surface area (Å²) in [5, 5.41) is 0. The molecule has 0 spiro atoms. The van der Waals surface area contributed by atoms with Gasteiger partial charge in [-0.1, -0.05) is 61.5 Å². The fourth-order valence-corrected chi connectivity index (χ4v) is 4.28. The van der Waals surface area contributed by atoms with Crippen LogP contribution in [-0.2, 0) is 23.2 Å². The van der Waals surface area contributed by atoms with Crippen LogP contribution in [0, 0.1) is 5.92 Å². The molecule has 0 amide bonds. The molecule has 1 aliphatic rings. The molecule has 0 bridgehead atoms. The monoisotopic (exact) mass is 337 g/mol. The van der Waals surface area contributed by atoms with E-state index in [0.717, 1.165) is 32.4 Å². The normalized spacial score (nSPS) is 22.8. The van der Waals surface area contributed by atoms with E-state index in [1.807, 2.05) is 0 Å². The van der Waals surface area contributed by atoms with Gasteiger partial charge < -0.3 is 9.64 Å². The van der Waals surface area contributed by atoms with Crippen molar-refractivity contribution in [3.63, 3.8) is 0 Å². The topological polar surface area (TPSA) is 12.5 Å². The molecule has 0 aliphatic heterocycles. The molecule has 0 fully saturated rings. The fraction of sp³-hybridized carbons (Fsp3) is 0.478. The Bertz CT molecular complexity index is 667. The van der Waals surface area contributed by atoms with Gasteiger partial charge in [-0.25, -0.2) is 0 Å². The van der Waals surface area contributed by atoms with Gasteiger partial charge in [-0.15, -0.1) is 0 Å². The Hall–Kier alpha value is -1.64. The number of benzene rings is 2. The number of hydrogen-bond donors (Lipinski definition) is 0. The van der Waals surface area contributed by atoms with Gasteiger partial charge in [0.25, 0.3) is 0 Å². The van der Waals surface area contributed by atoms with Gasteiger partial charge in [0.1, 0.15) is 5.60 Å². The minimum absolute atomic E-state index is 0.226. The zero-order chi connectivity index (χ0) is 17.7. The van der Waals surface area contributed by atoms with Crippen LogP contribution in [0.3, 0.4) is 0 Å². The molecule has 1 aliphatic carbocycles. The lowest BCUT2D eigenvalue weighted by Gasteiger charge is -2.46. The van der Waals surface area contributed by atoms with Crippen LogP contribution in [0.5, 0.6) is 0 Å². The predicted molar refractivity (Wildman–Crippen MR) is 105 cm³/mol. The standard InChI is InChI=1S/C23H31NO/c1-4-16-25-23(17-19-10-6-5-7-11-19)21(18-24(2)3)15-14-20-12-8-9-13-22(20)23/h5-13,21H,4,14-18H2,1-3H3. The molecule has 2 atom stereocenters. The van der Waals surface area contributed by atoms with Crippen molar-refractivity contribution >= 4 is 0 Å². The summed E-state index contributed by atoms with van der Waals surface area (Å²) in [5.41, 5.74) is 4.00. The number of ether oxygens (including phenoxy) is 1. The third-order valence-electron chi connectivity index (χ3n) is 5.35. The summed E-state index contributed by atoms with van der Waals surface area (Å²) in [5.74, 6) is 0.504. The molecule has 0 N–H and O–H groups in total. The average molecular weight is 338 g/mol. The minimum atomic E-state index is -0.226. The SMILES string of the molecule is CCCOC1(Cc2ccccc2)c2ccccc2CCC1CN(C)C. The maximum atomic E-state index is 6.74. The second kappa shape index (κ2) is 8.16. The summed E-state index contributed by atoms with van der Waals surface area (Å²) in [7, 11) is 4.35. The summed E-state index contributed by atoms with van der Waals surface area (Å²) in [6, 6.07) is 19.8. The van der Waals surface area contributed by atoms with E-state index in [4.69, 9.17) is 4.74 Å². The van der Waals surface area contributed by atoms with Crippen LogP contribution in [0.25, 0.3) is 0 Å². The maximum absolute atomic E-state index is 6.74. The molecule has 2 unspecified atom stereocenters. The molecule has 2 aromatic carbocycles. The van der Waals surface area contributed by atoms with Gasteiger partial charge in [0, 0.05) is 25.5 Å². The molecular weight excluding hydrogens is 306 g/mol. The first-order valence-corrected chi connectivity index (χ1v) is 9.56. The molecule has 0 saturated heterocycles. The molecule has 0 aromatic heterocycles.